The van der Waals surface area contributed by atoms with Crippen LogP contribution in [0.4, 0.5) is 5.95 Å². The van der Waals surface area contributed by atoms with E-state index in [0.717, 1.165) is 19.4 Å². The molecule has 0 aliphatic carbocycles. The lowest BCUT2D eigenvalue weighted by Crippen LogP contribution is -2.45. The van der Waals surface area contributed by atoms with Crippen LogP contribution in [0.1, 0.15) is 24.4 Å². The van der Waals surface area contributed by atoms with Crippen molar-refractivity contribution in [3.05, 3.63) is 40.8 Å². The molecule has 1 N–H and O–H groups in total. The van der Waals surface area contributed by atoms with Crippen molar-refractivity contribution in [2.45, 2.75) is 18.9 Å². The number of carbonyl (C=O) groups excluding carboxylic acids is 1. The molecule has 1 saturated heterocycles. The Labute approximate surface area is 152 Å². The van der Waals surface area contributed by atoms with Gasteiger partial charge in [0.25, 0.3) is 0 Å². The zero-order valence-electron chi connectivity index (χ0n) is 14.8. The highest BCUT2D eigenvalue weighted by Gasteiger charge is 2.27. The van der Waals surface area contributed by atoms with Crippen LogP contribution >= 0.6 is 11.3 Å². The van der Waals surface area contributed by atoms with Crippen molar-refractivity contribution >= 4 is 23.2 Å². The number of thiophene rings is 1. The van der Waals surface area contributed by atoms with Crippen molar-refractivity contribution in [2.24, 2.45) is 5.92 Å². The maximum atomic E-state index is 12.7. The molecule has 0 bridgehead atoms. The van der Waals surface area contributed by atoms with Crippen molar-refractivity contribution in [3.63, 3.8) is 0 Å². The second-order valence-electron chi connectivity index (χ2n) is 6.62. The van der Waals surface area contributed by atoms with Crippen LogP contribution in [0.3, 0.4) is 0 Å². The molecule has 0 radical (unpaired) electrons. The zero-order valence-corrected chi connectivity index (χ0v) is 15.6. The van der Waals surface area contributed by atoms with Gasteiger partial charge in [-0.15, -0.1) is 0 Å². The third-order valence-corrected chi connectivity index (χ3v) is 5.35. The van der Waals surface area contributed by atoms with Gasteiger partial charge in [-0.3, -0.25) is 4.79 Å². The summed E-state index contributed by atoms with van der Waals surface area (Å²) in [6, 6.07) is 4.13. The summed E-state index contributed by atoms with van der Waals surface area (Å²) in [4.78, 5) is 25.5. The van der Waals surface area contributed by atoms with Crippen LogP contribution in [-0.2, 0) is 4.79 Å². The van der Waals surface area contributed by atoms with Gasteiger partial charge in [0, 0.05) is 32.0 Å². The van der Waals surface area contributed by atoms with Crippen LogP contribution < -0.4 is 10.2 Å². The fourth-order valence-electron chi connectivity index (χ4n) is 3.23. The second kappa shape index (κ2) is 8.40. The van der Waals surface area contributed by atoms with Crippen LogP contribution in [0.25, 0.3) is 0 Å². The summed E-state index contributed by atoms with van der Waals surface area (Å²) in [6.07, 6.45) is 5.39. The Bertz CT molecular complexity index is 661. The van der Waals surface area contributed by atoms with Crippen molar-refractivity contribution in [3.8, 4) is 0 Å². The molecule has 1 amide bonds. The molecule has 2 aromatic heterocycles. The first-order valence-corrected chi connectivity index (χ1v) is 9.57. The molecule has 0 unspecified atom stereocenters. The Balaban J connectivity index is 1.57. The fraction of sp³-hybridized carbons (Fsp3) is 0.500. The molecule has 0 saturated carbocycles. The van der Waals surface area contributed by atoms with E-state index in [1.165, 1.54) is 5.56 Å². The van der Waals surface area contributed by atoms with Gasteiger partial charge in [0.15, 0.2) is 0 Å². The number of piperidine rings is 1. The maximum absolute atomic E-state index is 12.7. The largest absolute Gasteiger partial charge is 0.354 e. The molecule has 25 heavy (non-hydrogen) atoms. The van der Waals surface area contributed by atoms with E-state index in [9.17, 15) is 4.79 Å². The summed E-state index contributed by atoms with van der Waals surface area (Å²) in [7, 11) is 4.09. The summed E-state index contributed by atoms with van der Waals surface area (Å²) < 4.78 is 0. The molecule has 134 valence electrons. The Morgan fingerprint density at radius 3 is 2.92 bits per heavy atom. The van der Waals surface area contributed by atoms with Crippen LogP contribution in [-0.4, -0.2) is 54.5 Å². The molecule has 7 heteroatoms. The van der Waals surface area contributed by atoms with Gasteiger partial charge in [-0.1, -0.05) is 0 Å². The Morgan fingerprint density at radius 2 is 2.24 bits per heavy atom. The van der Waals surface area contributed by atoms with E-state index < -0.39 is 0 Å². The van der Waals surface area contributed by atoms with E-state index in [0.29, 0.717) is 19.0 Å². The normalized spacial score (nSPS) is 19.0. The van der Waals surface area contributed by atoms with E-state index in [1.54, 1.807) is 23.7 Å². The van der Waals surface area contributed by atoms with Crippen molar-refractivity contribution < 1.29 is 4.79 Å². The number of anilines is 1. The lowest BCUT2D eigenvalue weighted by atomic mass is 9.97. The molecule has 3 heterocycles. The van der Waals surface area contributed by atoms with Crippen molar-refractivity contribution in [1.29, 1.82) is 0 Å². The summed E-state index contributed by atoms with van der Waals surface area (Å²) in [5, 5.41) is 7.37. The molecule has 2 atom stereocenters. The topological polar surface area (TPSA) is 61.4 Å². The lowest BCUT2D eigenvalue weighted by molar-refractivity contribution is -0.125. The summed E-state index contributed by atoms with van der Waals surface area (Å²) in [5.74, 6) is 0.829. The van der Waals surface area contributed by atoms with Gasteiger partial charge in [0.2, 0.25) is 11.9 Å². The summed E-state index contributed by atoms with van der Waals surface area (Å²) in [5.41, 5.74) is 1.25. The van der Waals surface area contributed by atoms with E-state index in [1.807, 2.05) is 20.2 Å². The van der Waals surface area contributed by atoms with Gasteiger partial charge in [0.1, 0.15) is 0 Å². The van der Waals surface area contributed by atoms with Crippen LogP contribution in [0, 0.1) is 5.92 Å². The van der Waals surface area contributed by atoms with Crippen molar-refractivity contribution in [1.82, 2.24) is 20.2 Å². The number of carbonyl (C=O) groups is 1. The Hall–Kier alpha value is -1.99. The van der Waals surface area contributed by atoms with E-state index in [-0.39, 0.29) is 17.9 Å². The van der Waals surface area contributed by atoms with Gasteiger partial charge in [-0.2, -0.15) is 11.3 Å². The number of amides is 1. The monoisotopic (exact) mass is 359 g/mol. The number of rotatable bonds is 6. The maximum Gasteiger partial charge on any atom is 0.225 e. The molecule has 6 nitrogen and oxygen atoms in total. The first-order valence-electron chi connectivity index (χ1n) is 8.63. The summed E-state index contributed by atoms with van der Waals surface area (Å²) in [6.45, 7) is 2.21. The van der Waals surface area contributed by atoms with Gasteiger partial charge in [-0.05, 0) is 55.4 Å². The first kappa shape index (κ1) is 17.8. The third-order valence-electron chi connectivity index (χ3n) is 4.65. The Kier molecular flexibility index (Phi) is 5.99. The van der Waals surface area contributed by atoms with Crippen LogP contribution in [0.2, 0.25) is 0 Å². The summed E-state index contributed by atoms with van der Waals surface area (Å²) >= 11 is 1.69. The quantitative estimate of drug-likeness (QED) is 0.856. The van der Waals surface area contributed by atoms with Crippen LogP contribution in [0.15, 0.2) is 35.3 Å². The van der Waals surface area contributed by atoms with E-state index in [2.05, 4.69) is 41.9 Å². The number of nitrogens with zero attached hydrogens (tertiary/aromatic N) is 4. The molecule has 3 rings (SSSR count). The molecular formula is C18H25N5OS. The molecule has 1 fully saturated rings. The van der Waals surface area contributed by atoms with Gasteiger partial charge < -0.3 is 15.1 Å². The highest BCUT2D eigenvalue weighted by molar-refractivity contribution is 7.07. The fourth-order valence-corrected chi connectivity index (χ4v) is 3.94. The lowest BCUT2D eigenvalue weighted by Gasteiger charge is -2.32. The molecule has 0 spiro atoms. The smallest absolute Gasteiger partial charge is 0.225 e. The van der Waals surface area contributed by atoms with Gasteiger partial charge in [-0.25, -0.2) is 9.97 Å². The average Bonchev–Trinajstić information content (AvgIpc) is 3.16. The number of nitrogens with one attached hydrogen (secondary N) is 1. The minimum absolute atomic E-state index is 0.0113. The second-order valence-corrected chi connectivity index (χ2v) is 7.40. The predicted molar refractivity (Wildman–Crippen MR) is 101 cm³/mol. The van der Waals surface area contributed by atoms with E-state index in [4.69, 9.17) is 0 Å². The molecule has 1 aliphatic rings. The highest BCUT2D eigenvalue weighted by Crippen LogP contribution is 2.22. The number of hydrogen-bond donors (Lipinski definition) is 1. The highest BCUT2D eigenvalue weighted by atomic mass is 32.1. The SMILES string of the molecule is CN(C)[C@@H](CNC(=O)[C@@H]1CCCN(c2ncccn2)C1)c1ccsc1. The predicted octanol–water partition coefficient (Wildman–Crippen LogP) is 2.17. The third kappa shape index (κ3) is 4.55. The first-order chi connectivity index (χ1) is 12.1. The number of aromatic nitrogens is 2. The average molecular weight is 359 g/mol. The minimum Gasteiger partial charge on any atom is -0.354 e. The molecule has 0 aromatic carbocycles. The van der Waals surface area contributed by atoms with Crippen molar-refractivity contribution in [2.75, 3.05) is 38.6 Å². The Morgan fingerprint density at radius 1 is 1.44 bits per heavy atom. The van der Waals surface area contributed by atoms with Gasteiger partial charge in [0.05, 0.1) is 12.0 Å². The zero-order chi connectivity index (χ0) is 17.6. The number of likely N-dealkylation sites (N-methyl/N-ethyl adjacent to an activating group) is 1. The standard InChI is InChI=1S/C18H25N5OS/c1-22(2)16(15-6-10-25-13-15)11-21-17(24)14-5-3-9-23(12-14)18-19-7-4-8-20-18/h4,6-8,10,13-14,16H,3,5,9,11-12H2,1-2H3,(H,21,24)/t14-,16+/m1/s1. The van der Waals surface area contributed by atoms with Gasteiger partial charge >= 0.3 is 0 Å². The minimum atomic E-state index is -0.0113. The molecule has 2 aromatic rings. The number of hydrogen-bond acceptors (Lipinski definition) is 6. The molecule has 1 aliphatic heterocycles. The molecular weight excluding hydrogens is 334 g/mol. The van der Waals surface area contributed by atoms with E-state index >= 15 is 0 Å². The van der Waals surface area contributed by atoms with Crippen LogP contribution in [0.5, 0.6) is 0 Å².